The van der Waals surface area contributed by atoms with Gasteiger partial charge in [0, 0.05) is 14.2 Å². The van der Waals surface area contributed by atoms with Crippen LogP contribution in [0.3, 0.4) is 0 Å². The zero-order valence-corrected chi connectivity index (χ0v) is 14.6. The molecule has 0 saturated carbocycles. The van der Waals surface area contributed by atoms with E-state index in [0.29, 0.717) is 0 Å². The van der Waals surface area contributed by atoms with Crippen LogP contribution in [0, 0.1) is 0 Å². The summed E-state index contributed by atoms with van der Waals surface area (Å²) in [7, 11) is 3.25. The summed E-state index contributed by atoms with van der Waals surface area (Å²) in [4.78, 5) is 8.00. The molecule has 0 aliphatic carbocycles. The van der Waals surface area contributed by atoms with Crippen molar-refractivity contribution in [3.63, 3.8) is 0 Å². The van der Waals surface area contributed by atoms with Crippen LogP contribution < -0.4 is 0 Å². The second kappa shape index (κ2) is 191. The molecule has 0 aromatic heterocycles. The van der Waals surface area contributed by atoms with Gasteiger partial charge in [0.1, 0.15) is 6.79 Å². The van der Waals surface area contributed by atoms with Gasteiger partial charge in [-0.3, -0.25) is 0 Å². The maximum atomic E-state index is 8.00. The van der Waals surface area contributed by atoms with E-state index in [0.717, 1.165) is 0 Å². The monoisotopic (exact) mass is 274 g/mol. The van der Waals surface area contributed by atoms with Crippen LogP contribution >= 0.6 is 0 Å². The Bertz CT molecular complexity index is 102. The standard InChI is InChI=1S/C6H12.C2H6O.C2H6.3C2H4.CH2O/c1-4-6(3)5-2;1-3-2;5*1-2/h4H,5H2,1-3H3;1-2H3;1-2H3;3*1-2H2;1H2/b6-4-;;;;;;. The zero-order chi connectivity index (χ0) is 17.7. The molecular weight excluding hydrogens is 236 g/mol. The third-order valence-electron chi connectivity index (χ3n) is 1.05. The first-order chi connectivity index (χ1) is 9.22. The number of hydrogen-bond acceptors (Lipinski definition) is 2. The summed E-state index contributed by atoms with van der Waals surface area (Å²) in [5, 5.41) is 0. The zero-order valence-electron chi connectivity index (χ0n) is 14.6. The Balaban J connectivity index is -0.0000000193. The molecule has 0 aliphatic heterocycles. The van der Waals surface area contributed by atoms with Crippen molar-refractivity contribution < 1.29 is 9.53 Å². The lowest BCUT2D eigenvalue weighted by molar-refractivity contribution is -0.0979. The minimum atomic E-state index is 1.19. The summed E-state index contributed by atoms with van der Waals surface area (Å²) >= 11 is 0. The van der Waals surface area contributed by atoms with Crippen molar-refractivity contribution in [1.82, 2.24) is 0 Å². The fourth-order valence-corrected chi connectivity index (χ4v) is 0.204. The van der Waals surface area contributed by atoms with Gasteiger partial charge in [0.2, 0.25) is 0 Å². The first kappa shape index (κ1) is 43.2. The molecule has 0 aliphatic rings. The van der Waals surface area contributed by atoms with E-state index in [1.54, 1.807) is 14.2 Å². The van der Waals surface area contributed by atoms with Gasteiger partial charge in [-0.15, -0.1) is 39.5 Å². The van der Waals surface area contributed by atoms with E-state index in [2.05, 4.69) is 71.1 Å². The SMILES string of the molecule is C/C=C(/C)CC.C=C.C=C.C=C.C=O.CC.COC. The molecule has 0 radical (unpaired) electrons. The summed E-state index contributed by atoms with van der Waals surface area (Å²) in [5.74, 6) is 0. The van der Waals surface area contributed by atoms with Crippen LogP contribution in [0.2, 0.25) is 0 Å². The summed E-state index contributed by atoms with van der Waals surface area (Å²) < 4.78 is 4.25. The molecule has 0 aromatic rings. The maximum Gasteiger partial charge on any atom is 0.106 e. The second-order valence-corrected chi connectivity index (χ2v) is 1.90. The fraction of sp³-hybridized carbons (Fsp3) is 0.471. The van der Waals surface area contributed by atoms with Gasteiger partial charge in [0.05, 0.1) is 0 Å². The molecule has 0 fully saturated rings. The first-order valence-electron chi connectivity index (χ1n) is 6.03. The van der Waals surface area contributed by atoms with Crippen molar-refractivity contribution in [2.45, 2.75) is 41.0 Å². The Kier molecular flexibility index (Phi) is 435. The van der Waals surface area contributed by atoms with Gasteiger partial charge in [0.25, 0.3) is 0 Å². The largest absolute Gasteiger partial charge is 0.388 e. The summed E-state index contributed by atoms with van der Waals surface area (Å²) in [5.41, 5.74) is 1.47. The highest BCUT2D eigenvalue weighted by atomic mass is 16.4. The van der Waals surface area contributed by atoms with E-state index in [1.165, 1.54) is 12.0 Å². The highest BCUT2D eigenvalue weighted by Crippen LogP contribution is 1.94. The highest BCUT2D eigenvalue weighted by molar-refractivity contribution is 5.10. The van der Waals surface area contributed by atoms with Gasteiger partial charge in [-0.1, -0.05) is 32.4 Å². The summed E-state index contributed by atoms with van der Waals surface area (Å²) in [6, 6.07) is 0. The first-order valence-corrected chi connectivity index (χ1v) is 6.03. The van der Waals surface area contributed by atoms with Gasteiger partial charge in [-0.05, 0) is 20.3 Å². The van der Waals surface area contributed by atoms with E-state index in [-0.39, 0.29) is 0 Å². The van der Waals surface area contributed by atoms with Gasteiger partial charge in [-0.2, -0.15) is 0 Å². The van der Waals surface area contributed by atoms with Crippen LogP contribution in [0.15, 0.2) is 51.1 Å². The topological polar surface area (TPSA) is 26.3 Å². The van der Waals surface area contributed by atoms with Crippen LogP contribution in [0.25, 0.3) is 0 Å². The Labute approximate surface area is 123 Å². The van der Waals surface area contributed by atoms with Crippen molar-refractivity contribution in [3.05, 3.63) is 51.1 Å². The van der Waals surface area contributed by atoms with Crippen molar-refractivity contribution in [2.24, 2.45) is 0 Å². The molecule has 2 nitrogen and oxygen atoms in total. The lowest BCUT2D eigenvalue weighted by Gasteiger charge is -1.85. The predicted octanol–water partition coefficient (Wildman–Crippen LogP) is 5.87. The van der Waals surface area contributed by atoms with Crippen LogP contribution in [-0.2, 0) is 9.53 Å². The molecule has 19 heavy (non-hydrogen) atoms. The molecule has 0 saturated heterocycles. The second-order valence-electron chi connectivity index (χ2n) is 1.90. The number of rotatable bonds is 1. The van der Waals surface area contributed by atoms with Gasteiger partial charge in [0.15, 0.2) is 0 Å². The summed E-state index contributed by atoms with van der Waals surface area (Å²) in [6.07, 6.45) is 3.33. The molecule has 2 heteroatoms. The van der Waals surface area contributed by atoms with Crippen molar-refractivity contribution in [3.8, 4) is 0 Å². The number of hydrogen-bond donors (Lipinski definition) is 0. The van der Waals surface area contributed by atoms with Crippen LogP contribution in [0.1, 0.15) is 41.0 Å². The van der Waals surface area contributed by atoms with E-state index < -0.39 is 0 Å². The summed E-state index contributed by atoms with van der Waals surface area (Å²) in [6.45, 7) is 30.4. The fourth-order valence-electron chi connectivity index (χ4n) is 0.204. The number of carbonyl (C=O) groups excluding carboxylic acids is 1. The van der Waals surface area contributed by atoms with Crippen molar-refractivity contribution >= 4 is 6.79 Å². The lowest BCUT2D eigenvalue weighted by Crippen LogP contribution is -1.63. The molecule has 0 bridgehead atoms. The number of allylic oxidation sites excluding steroid dienone is 2. The molecular formula is C17H38O2. The van der Waals surface area contributed by atoms with Gasteiger partial charge >= 0.3 is 0 Å². The van der Waals surface area contributed by atoms with E-state index >= 15 is 0 Å². The minimum Gasteiger partial charge on any atom is -0.388 e. The average molecular weight is 274 g/mol. The molecule has 0 heterocycles. The third kappa shape index (κ3) is 526. The normalized spacial score (nSPS) is 5.95. The van der Waals surface area contributed by atoms with E-state index in [4.69, 9.17) is 4.79 Å². The van der Waals surface area contributed by atoms with Crippen molar-refractivity contribution in [2.75, 3.05) is 14.2 Å². The molecule has 0 unspecified atom stereocenters. The Morgan fingerprint density at radius 2 is 1.11 bits per heavy atom. The molecule has 0 aromatic carbocycles. The molecule has 0 atom stereocenters. The Hall–Kier alpha value is -1.41. The highest BCUT2D eigenvalue weighted by Gasteiger charge is 1.73. The Morgan fingerprint density at radius 1 is 0.947 bits per heavy atom. The lowest BCUT2D eigenvalue weighted by atomic mass is 10.2. The average Bonchev–Trinajstić information content (AvgIpc) is 2.57. The van der Waals surface area contributed by atoms with Crippen LogP contribution in [0.4, 0.5) is 0 Å². The van der Waals surface area contributed by atoms with Gasteiger partial charge in [-0.25, -0.2) is 0 Å². The molecule has 0 spiro atoms. The Morgan fingerprint density at radius 3 is 1.11 bits per heavy atom. The minimum absolute atomic E-state index is 1.19. The quantitative estimate of drug-likeness (QED) is 0.559. The number of methoxy groups -OCH3 is 1. The van der Waals surface area contributed by atoms with Gasteiger partial charge < -0.3 is 9.53 Å². The molecule has 0 N–H and O–H groups in total. The molecule has 0 rings (SSSR count). The predicted molar refractivity (Wildman–Crippen MR) is 94.9 cm³/mol. The molecule has 0 amide bonds. The third-order valence-corrected chi connectivity index (χ3v) is 1.05. The molecule has 118 valence electrons. The van der Waals surface area contributed by atoms with Crippen LogP contribution in [-0.4, -0.2) is 21.0 Å². The maximum absolute atomic E-state index is 8.00. The van der Waals surface area contributed by atoms with Crippen molar-refractivity contribution in [1.29, 1.82) is 0 Å². The van der Waals surface area contributed by atoms with E-state index in [1.807, 2.05) is 20.6 Å². The van der Waals surface area contributed by atoms with E-state index in [9.17, 15) is 0 Å². The van der Waals surface area contributed by atoms with Crippen LogP contribution in [0.5, 0.6) is 0 Å². The number of carbonyl (C=O) groups is 1. The smallest absolute Gasteiger partial charge is 0.106 e. The number of ether oxygens (including phenoxy) is 1.